The van der Waals surface area contributed by atoms with Gasteiger partial charge in [0.15, 0.2) is 0 Å². The predicted octanol–water partition coefficient (Wildman–Crippen LogP) is 5.47. The highest BCUT2D eigenvalue weighted by atomic mass is 32.2. The number of carbonyl (C=O) groups excluding carboxylic acids is 2. The summed E-state index contributed by atoms with van der Waals surface area (Å²) in [6, 6.07) is 26.5. The molecule has 4 rings (SSSR count). The van der Waals surface area contributed by atoms with Crippen molar-refractivity contribution in [1.82, 2.24) is 10.3 Å². The number of amides is 1. The Morgan fingerprint density at radius 2 is 1.53 bits per heavy atom. The van der Waals surface area contributed by atoms with Crippen molar-refractivity contribution in [2.75, 3.05) is 0 Å². The van der Waals surface area contributed by atoms with E-state index in [1.54, 1.807) is 0 Å². The summed E-state index contributed by atoms with van der Waals surface area (Å²) >= 11 is 1.20. The van der Waals surface area contributed by atoms with E-state index < -0.39 is 12.1 Å². The predicted molar refractivity (Wildman–Crippen MR) is 128 cm³/mol. The molecule has 0 saturated heterocycles. The zero-order valence-corrected chi connectivity index (χ0v) is 18.3. The summed E-state index contributed by atoms with van der Waals surface area (Å²) in [5.41, 5.74) is 3.92. The summed E-state index contributed by atoms with van der Waals surface area (Å²) in [5, 5.41) is 3.72. The van der Waals surface area contributed by atoms with Crippen LogP contribution in [0.3, 0.4) is 0 Å². The van der Waals surface area contributed by atoms with E-state index in [2.05, 4.69) is 10.3 Å². The number of hydrogen-bond acceptors (Lipinski definition) is 4. The van der Waals surface area contributed by atoms with Crippen molar-refractivity contribution in [3.8, 4) is 0 Å². The Morgan fingerprint density at radius 3 is 2.28 bits per heavy atom. The first-order valence-electron chi connectivity index (χ1n) is 10.4. The SMILES string of the molecule is O=C(N[C@@H](Cc1c[nH]c2ccccc12)C(=O)SCc1ccccc1)OCc1ccccc1. The Kier molecular flexibility index (Phi) is 7.25. The van der Waals surface area contributed by atoms with E-state index in [-0.39, 0.29) is 11.7 Å². The minimum absolute atomic E-state index is 0.101. The fourth-order valence-electron chi connectivity index (χ4n) is 3.45. The highest BCUT2D eigenvalue weighted by molar-refractivity contribution is 8.13. The van der Waals surface area contributed by atoms with Gasteiger partial charge in [0.1, 0.15) is 12.6 Å². The second kappa shape index (κ2) is 10.7. The van der Waals surface area contributed by atoms with Crippen molar-refractivity contribution >= 4 is 33.9 Å². The van der Waals surface area contributed by atoms with Gasteiger partial charge in [0.25, 0.3) is 0 Å². The fourth-order valence-corrected chi connectivity index (χ4v) is 4.29. The van der Waals surface area contributed by atoms with Crippen molar-refractivity contribution < 1.29 is 14.3 Å². The van der Waals surface area contributed by atoms with Crippen molar-refractivity contribution in [2.24, 2.45) is 0 Å². The molecular formula is C26H24N2O3S. The number of aromatic amines is 1. The third kappa shape index (κ3) is 5.80. The van der Waals surface area contributed by atoms with Gasteiger partial charge in [-0.1, -0.05) is 90.6 Å². The summed E-state index contributed by atoms with van der Waals surface area (Å²) in [4.78, 5) is 28.8. The van der Waals surface area contributed by atoms with Crippen LogP contribution in [-0.4, -0.2) is 22.2 Å². The van der Waals surface area contributed by atoms with E-state index in [4.69, 9.17) is 4.74 Å². The number of carbonyl (C=O) groups is 2. The van der Waals surface area contributed by atoms with Crippen LogP contribution in [0.5, 0.6) is 0 Å². The largest absolute Gasteiger partial charge is 0.445 e. The number of aromatic nitrogens is 1. The lowest BCUT2D eigenvalue weighted by molar-refractivity contribution is -0.112. The molecule has 3 aromatic carbocycles. The van der Waals surface area contributed by atoms with Crippen molar-refractivity contribution in [2.45, 2.75) is 24.8 Å². The van der Waals surface area contributed by atoms with Crippen LogP contribution in [0.4, 0.5) is 4.79 Å². The Morgan fingerprint density at radius 1 is 0.875 bits per heavy atom. The van der Waals surface area contributed by atoms with Gasteiger partial charge in [-0.15, -0.1) is 0 Å². The van der Waals surface area contributed by atoms with Crippen LogP contribution in [0, 0.1) is 0 Å². The van der Waals surface area contributed by atoms with Crippen LogP contribution < -0.4 is 5.32 Å². The van der Waals surface area contributed by atoms with Crippen LogP contribution in [0.15, 0.2) is 91.1 Å². The summed E-state index contributed by atoms with van der Waals surface area (Å²) in [6.07, 6.45) is 1.67. The molecule has 0 bridgehead atoms. The summed E-state index contributed by atoms with van der Waals surface area (Å²) in [6.45, 7) is 0.151. The van der Waals surface area contributed by atoms with Gasteiger partial charge in [-0.25, -0.2) is 4.79 Å². The summed E-state index contributed by atoms with van der Waals surface area (Å²) in [7, 11) is 0. The van der Waals surface area contributed by atoms with E-state index in [1.165, 1.54) is 11.8 Å². The molecule has 0 aliphatic rings. The third-order valence-corrected chi connectivity index (χ3v) is 6.16. The molecule has 0 aliphatic carbocycles. The number of H-pyrrole nitrogens is 1. The first kappa shape index (κ1) is 21.7. The molecule has 6 heteroatoms. The maximum atomic E-state index is 13.1. The topological polar surface area (TPSA) is 71.2 Å². The van der Waals surface area contributed by atoms with E-state index >= 15 is 0 Å². The van der Waals surface area contributed by atoms with Gasteiger partial charge in [-0.2, -0.15) is 0 Å². The Labute approximate surface area is 191 Å². The van der Waals surface area contributed by atoms with Crippen LogP contribution >= 0.6 is 11.8 Å². The molecule has 32 heavy (non-hydrogen) atoms. The average molecular weight is 445 g/mol. The highest BCUT2D eigenvalue weighted by Gasteiger charge is 2.24. The molecular weight excluding hydrogens is 420 g/mol. The van der Waals surface area contributed by atoms with E-state index in [9.17, 15) is 9.59 Å². The van der Waals surface area contributed by atoms with Gasteiger partial charge in [0.2, 0.25) is 5.12 Å². The second-order valence-electron chi connectivity index (χ2n) is 7.42. The van der Waals surface area contributed by atoms with Crippen LogP contribution in [0.25, 0.3) is 10.9 Å². The minimum Gasteiger partial charge on any atom is -0.445 e. The molecule has 1 heterocycles. The van der Waals surface area contributed by atoms with Crippen LogP contribution in [0.1, 0.15) is 16.7 Å². The molecule has 1 amide bonds. The lowest BCUT2D eigenvalue weighted by Crippen LogP contribution is -2.41. The lowest BCUT2D eigenvalue weighted by atomic mass is 10.1. The van der Waals surface area contributed by atoms with Gasteiger partial charge in [0, 0.05) is 29.3 Å². The molecule has 0 spiro atoms. The third-order valence-electron chi connectivity index (χ3n) is 5.11. The Hall–Kier alpha value is -3.51. The molecule has 4 aromatic rings. The zero-order chi connectivity index (χ0) is 22.2. The molecule has 2 N–H and O–H groups in total. The van der Waals surface area contributed by atoms with Gasteiger partial charge >= 0.3 is 6.09 Å². The summed E-state index contributed by atoms with van der Waals surface area (Å²) < 4.78 is 5.36. The molecule has 0 fully saturated rings. The molecule has 1 aromatic heterocycles. The maximum absolute atomic E-state index is 13.1. The second-order valence-corrected chi connectivity index (χ2v) is 8.40. The minimum atomic E-state index is -0.703. The summed E-state index contributed by atoms with van der Waals surface area (Å²) in [5.74, 6) is 0.546. The lowest BCUT2D eigenvalue weighted by Gasteiger charge is -2.17. The fraction of sp³-hybridized carbons (Fsp3) is 0.154. The Bertz CT molecular complexity index is 1180. The molecule has 0 aliphatic heterocycles. The zero-order valence-electron chi connectivity index (χ0n) is 17.5. The van der Waals surface area contributed by atoms with E-state index in [1.807, 2.05) is 91.1 Å². The molecule has 0 saturated carbocycles. The Balaban J connectivity index is 1.45. The first-order chi connectivity index (χ1) is 15.7. The number of fused-ring (bicyclic) bond motifs is 1. The monoisotopic (exact) mass is 444 g/mol. The van der Waals surface area contributed by atoms with Gasteiger partial charge in [-0.05, 0) is 22.8 Å². The molecule has 5 nitrogen and oxygen atoms in total. The van der Waals surface area contributed by atoms with Crippen molar-refractivity contribution in [3.05, 3.63) is 108 Å². The first-order valence-corrected chi connectivity index (χ1v) is 11.4. The molecule has 1 atom stereocenters. The standard InChI is InChI=1S/C26H24N2O3S/c29-25(32-18-20-11-5-2-6-12-20)24(15-21-16-27-23-14-8-7-13-22(21)23)28-26(30)31-17-19-9-3-1-4-10-19/h1-14,16,24,27H,15,17-18H2,(H,28,30)/t24-/m0/s1. The van der Waals surface area contributed by atoms with Crippen LogP contribution in [0.2, 0.25) is 0 Å². The van der Waals surface area contributed by atoms with Gasteiger partial charge in [0.05, 0.1) is 0 Å². The molecule has 0 radical (unpaired) electrons. The van der Waals surface area contributed by atoms with Gasteiger partial charge < -0.3 is 15.0 Å². The number of para-hydroxylation sites is 1. The maximum Gasteiger partial charge on any atom is 0.408 e. The normalized spacial score (nSPS) is 11.8. The van der Waals surface area contributed by atoms with Crippen molar-refractivity contribution in [3.63, 3.8) is 0 Å². The van der Waals surface area contributed by atoms with E-state index in [0.717, 1.165) is 27.6 Å². The highest BCUT2D eigenvalue weighted by Crippen LogP contribution is 2.22. The number of nitrogens with one attached hydrogen (secondary N) is 2. The average Bonchev–Trinajstić information content (AvgIpc) is 3.25. The van der Waals surface area contributed by atoms with Gasteiger partial charge in [-0.3, -0.25) is 4.79 Å². The number of alkyl carbamates (subject to hydrolysis) is 1. The number of benzene rings is 3. The van der Waals surface area contributed by atoms with Crippen LogP contribution in [-0.2, 0) is 28.3 Å². The molecule has 162 valence electrons. The number of thioether (sulfide) groups is 1. The quantitative estimate of drug-likeness (QED) is 0.378. The number of hydrogen-bond donors (Lipinski definition) is 2. The number of ether oxygens (including phenoxy) is 1. The molecule has 0 unspecified atom stereocenters. The van der Waals surface area contributed by atoms with E-state index in [0.29, 0.717) is 12.2 Å². The smallest absolute Gasteiger partial charge is 0.408 e. The van der Waals surface area contributed by atoms with Crippen molar-refractivity contribution in [1.29, 1.82) is 0 Å². The number of rotatable bonds is 8.